The summed E-state index contributed by atoms with van der Waals surface area (Å²) in [5, 5.41) is 14.5. The molecule has 108 valence electrons. The Kier molecular flexibility index (Phi) is 6.32. The van der Waals surface area contributed by atoms with Gasteiger partial charge in [-0.25, -0.2) is 0 Å². The Morgan fingerprint density at radius 1 is 1.37 bits per heavy atom. The zero-order valence-corrected chi connectivity index (χ0v) is 12.6. The van der Waals surface area contributed by atoms with Gasteiger partial charge in [0.1, 0.15) is 6.33 Å². The molecule has 0 aliphatic rings. The van der Waals surface area contributed by atoms with E-state index in [1.165, 1.54) is 6.42 Å². The van der Waals surface area contributed by atoms with Crippen LogP contribution in [0.1, 0.15) is 39.4 Å². The van der Waals surface area contributed by atoms with Crippen molar-refractivity contribution in [1.82, 2.24) is 25.4 Å². The number of hydrogen-bond donors (Lipinski definition) is 2. The zero-order valence-electron chi connectivity index (χ0n) is 12.6. The van der Waals surface area contributed by atoms with E-state index in [1.54, 1.807) is 13.4 Å². The second-order valence-electron chi connectivity index (χ2n) is 5.30. The van der Waals surface area contributed by atoms with Crippen LogP contribution in [-0.2, 0) is 13.6 Å². The van der Waals surface area contributed by atoms with Gasteiger partial charge in [0.2, 0.25) is 0 Å². The Morgan fingerprint density at radius 3 is 2.63 bits per heavy atom. The van der Waals surface area contributed by atoms with E-state index in [2.05, 4.69) is 46.6 Å². The van der Waals surface area contributed by atoms with Crippen LogP contribution in [0.5, 0.6) is 0 Å². The molecule has 0 aliphatic heterocycles. The standard InChI is InChI=1S/C13H26N6/c1-10(2)6-7-11(3)17-13(14-4)15-8-12-18-16-9-19(12)5/h9-11H,6-8H2,1-5H3,(H2,14,15,17). The molecule has 0 amide bonds. The smallest absolute Gasteiger partial charge is 0.191 e. The highest BCUT2D eigenvalue weighted by molar-refractivity contribution is 5.79. The molecule has 1 heterocycles. The fourth-order valence-corrected chi connectivity index (χ4v) is 1.71. The summed E-state index contributed by atoms with van der Waals surface area (Å²) in [5.41, 5.74) is 0. The second kappa shape index (κ2) is 7.76. The van der Waals surface area contributed by atoms with Gasteiger partial charge in [-0.3, -0.25) is 4.99 Å². The molecule has 0 radical (unpaired) electrons. The van der Waals surface area contributed by atoms with Crippen molar-refractivity contribution in [3.05, 3.63) is 12.2 Å². The predicted octanol–water partition coefficient (Wildman–Crippen LogP) is 1.30. The first-order valence-electron chi connectivity index (χ1n) is 6.83. The number of guanidine groups is 1. The minimum Gasteiger partial charge on any atom is -0.354 e. The molecular formula is C13H26N6. The van der Waals surface area contributed by atoms with Crippen LogP contribution >= 0.6 is 0 Å². The van der Waals surface area contributed by atoms with E-state index in [0.717, 1.165) is 24.1 Å². The van der Waals surface area contributed by atoms with Crippen molar-refractivity contribution in [2.75, 3.05) is 7.05 Å². The van der Waals surface area contributed by atoms with Gasteiger partial charge in [0.05, 0.1) is 6.54 Å². The molecule has 2 N–H and O–H groups in total. The highest BCUT2D eigenvalue weighted by Gasteiger charge is 2.07. The third-order valence-corrected chi connectivity index (χ3v) is 3.00. The van der Waals surface area contributed by atoms with Crippen molar-refractivity contribution in [2.24, 2.45) is 18.0 Å². The number of aryl methyl sites for hydroxylation is 1. The van der Waals surface area contributed by atoms with Crippen molar-refractivity contribution in [3.8, 4) is 0 Å². The highest BCUT2D eigenvalue weighted by Crippen LogP contribution is 2.06. The van der Waals surface area contributed by atoms with Gasteiger partial charge in [0.15, 0.2) is 11.8 Å². The van der Waals surface area contributed by atoms with E-state index in [1.807, 2.05) is 11.6 Å². The van der Waals surface area contributed by atoms with Gasteiger partial charge in [-0.2, -0.15) is 0 Å². The number of aliphatic imine (C=N–C) groups is 1. The molecule has 19 heavy (non-hydrogen) atoms. The molecule has 0 saturated heterocycles. The Balaban J connectivity index is 2.36. The van der Waals surface area contributed by atoms with E-state index in [0.29, 0.717) is 12.6 Å². The van der Waals surface area contributed by atoms with E-state index in [9.17, 15) is 0 Å². The molecule has 0 bridgehead atoms. The number of hydrogen-bond acceptors (Lipinski definition) is 3. The quantitative estimate of drug-likeness (QED) is 0.602. The third kappa shape index (κ3) is 5.72. The lowest BCUT2D eigenvalue weighted by Crippen LogP contribution is -2.42. The van der Waals surface area contributed by atoms with Crippen LogP contribution in [-0.4, -0.2) is 33.8 Å². The van der Waals surface area contributed by atoms with Crippen LogP contribution < -0.4 is 10.6 Å². The lowest BCUT2D eigenvalue weighted by Gasteiger charge is -2.18. The Morgan fingerprint density at radius 2 is 2.11 bits per heavy atom. The van der Waals surface area contributed by atoms with Gasteiger partial charge in [-0.05, 0) is 25.7 Å². The Labute approximate surface area is 115 Å². The van der Waals surface area contributed by atoms with Gasteiger partial charge < -0.3 is 15.2 Å². The lowest BCUT2D eigenvalue weighted by molar-refractivity contribution is 0.488. The molecule has 1 aromatic heterocycles. The average molecular weight is 266 g/mol. The van der Waals surface area contributed by atoms with E-state index >= 15 is 0 Å². The molecule has 6 nitrogen and oxygen atoms in total. The molecule has 0 spiro atoms. The molecule has 0 aliphatic carbocycles. The SMILES string of the molecule is CN=C(NCc1nncn1C)NC(C)CCC(C)C. The van der Waals surface area contributed by atoms with E-state index in [-0.39, 0.29) is 0 Å². The second-order valence-corrected chi connectivity index (χ2v) is 5.30. The first-order chi connectivity index (χ1) is 9.02. The van der Waals surface area contributed by atoms with E-state index < -0.39 is 0 Å². The summed E-state index contributed by atoms with van der Waals surface area (Å²) >= 11 is 0. The Hall–Kier alpha value is -1.59. The summed E-state index contributed by atoms with van der Waals surface area (Å²) in [6.07, 6.45) is 4.05. The summed E-state index contributed by atoms with van der Waals surface area (Å²) < 4.78 is 1.89. The van der Waals surface area contributed by atoms with Crippen molar-refractivity contribution in [3.63, 3.8) is 0 Å². The maximum atomic E-state index is 4.22. The first-order valence-corrected chi connectivity index (χ1v) is 6.83. The fraction of sp³-hybridized carbons (Fsp3) is 0.769. The van der Waals surface area contributed by atoms with Gasteiger partial charge >= 0.3 is 0 Å². The molecule has 0 saturated carbocycles. The van der Waals surface area contributed by atoms with Gasteiger partial charge in [0.25, 0.3) is 0 Å². The minimum absolute atomic E-state index is 0.410. The normalized spacial score (nSPS) is 13.7. The van der Waals surface area contributed by atoms with Crippen molar-refractivity contribution in [2.45, 2.75) is 46.2 Å². The summed E-state index contributed by atoms with van der Waals surface area (Å²) in [4.78, 5) is 4.22. The highest BCUT2D eigenvalue weighted by atomic mass is 15.3. The predicted molar refractivity (Wildman–Crippen MR) is 77.9 cm³/mol. The fourth-order valence-electron chi connectivity index (χ4n) is 1.71. The molecule has 0 fully saturated rings. The van der Waals surface area contributed by atoms with Crippen molar-refractivity contribution in [1.29, 1.82) is 0 Å². The number of nitrogens with one attached hydrogen (secondary N) is 2. The maximum Gasteiger partial charge on any atom is 0.191 e. The molecule has 1 unspecified atom stereocenters. The minimum atomic E-state index is 0.410. The first kappa shape index (κ1) is 15.5. The molecular weight excluding hydrogens is 240 g/mol. The lowest BCUT2D eigenvalue weighted by atomic mass is 10.0. The van der Waals surface area contributed by atoms with Crippen molar-refractivity contribution >= 4 is 5.96 Å². The summed E-state index contributed by atoms with van der Waals surface area (Å²) in [6.45, 7) is 7.28. The molecule has 1 rings (SSSR count). The van der Waals surface area contributed by atoms with Crippen LogP contribution in [0.15, 0.2) is 11.3 Å². The third-order valence-electron chi connectivity index (χ3n) is 3.00. The van der Waals surface area contributed by atoms with Gasteiger partial charge in [-0.1, -0.05) is 13.8 Å². The summed E-state index contributed by atoms with van der Waals surface area (Å²) in [5.74, 6) is 2.43. The monoisotopic (exact) mass is 266 g/mol. The zero-order chi connectivity index (χ0) is 14.3. The number of nitrogens with zero attached hydrogens (tertiary/aromatic N) is 4. The van der Waals surface area contributed by atoms with E-state index in [4.69, 9.17) is 0 Å². The molecule has 6 heteroatoms. The summed E-state index contributed by atoms with van der Waals surface area (Å²) in [6, 6.07) is 0.410. The van der Waals surface area contributed by atoms with Crippen LogP contribution in [0.4, 0.5) is 0 Å². The van der Waals surface area contributed by atoms with Gasteiger partial charge in [0, 0.05) is 20.1 Å². The topological polar surface area (TPSA) is 67.1 Å². The average Bonchev–Trinajstić information content (AvgIpc) is 2.77. The largest absolute Gasteiger partial charge is 0.354 e. The van der Waals surface area contributed by atoms with Crippen LogP contribution in [0.3, 0.4) is 0 Å². The number of rotatable bonds is 6. The molecule has 0 aromatic carbocycles. The van der Waals surface area contributed by atoms with Gasteiger partial charge in [-0.15, -0.1) is 10.2 Å². The number of aromatic nitrogens is 3. The maximum absolute atomic E-state index is 4.22. The van der Waals surface area contributed by atoms with Crippen LogP contribution in [0.25, 0.3) is 0 Å². The molecule has 1 atom stereocenters. The Bertz CT molecular complexity index is 396. The van der Waals surface area contributed by atoms with Crippen molar-refractivity contribution < 1.29 is 0 Å². The van der Waals surface area contributed by atoms with Crippen LogP contribution in [0.2, 0.25) is 0 Å². The summed E-state index contributed by atoms with van der Waals surface area (Å²) in [7, 11) is 3.71. The van der Waals surface area contributed by atoms with Crippen LogP contribution in [0, 0.1) is 5.92 Å². The molecule has 1 aromatic rings.